The highest BCUT2D eigenvalue weighted by atomic mass is 79.9. The van der Waals surface area contributed by atoms with E-state index in [1.165, 1.54) is 0 Å². The Morgan fingerprint density at radius 3 is 2.73 bits per heavy atom. The molecule has 0 saturated heterocycles. The highest BCUT2D eigenvalue weighted by molar-refractivity contribution is 9.10. The summed E-state index contributed by atoms with van der Waals surface area (Å²) < 4.78 is 2.80. The normalized spacial score (nSPS) is 12.0. The second-order valence-corrected chi connectivity index (χ2v) is 4.02. The molecule has 1 aromatic rings. The zero-order chi connectivity index (χ0) is 8.48. The van der Waals surface area contributed by atoms with Gasteiger partial charge in [0.25, 0.3) is 0 Å². The first kappa shape index (κ1) is 8.74. The van der Waals surface area contributed by atoms with Gasteiger partial charge in [-0.2, -0.15) is 0 Å². The summed E-state index contributed by atoms with van der Waals surface area (Å²) in [5, 5.41) is 0. The molecule has 1 aromatic heterocycles. The largest absolute Gasteiger partial charge is 0.324 e. The molecule has 0 aliphatic carbocycles. The van der Waals surface area contributed by atoms with Crippen LogP contribution in [-0.2, 0) is 6.54 Å². The lowest BCUT2D eigenvalue weighted by Crippen LogP contribution is -2.36. The number of nitrogens with zero attached hydrogens (tertiary/aromatic N) is 2. The molecule has 0 aliphatic rings. The van der Waals surface area contributed by atoms with Crippen LogP contribution in [-0.4, -0.2) is 15.1 Å². The van der Waals surface area contributed by atoms with E-state index in [0.29, 0.717) is 0 Å². The van der Waals surface area contributed by atoms with Gasteiger partial charge in [-0.05, 0) is 29.8 Å². The first-order valence-electron chi connectivity index (χ1n) is 3.44. The maximum absolute atomic E-state index is 5.83. The van der Waals surface area contributed by atoms with Crippen LogP contribution in [0.4, 0.5) is 0 Å². The van der Waals surface area contributed by atoms with E-state index in [2.05, 4.69) is 20.9 Å². The third kappa shape index (κ3) is 2.63. The van der Waals surface area contributed by atoms with Crippen molar-refractivity contribution in [2.24, 2.45) is 5.73 Å². The van der Waals surface area contributed by atoms with Crippen molar-refractivity contribution in [2.45, 2.75) is 25.9 Å². The van der Waals surface area contributed by atoms with E-state index in [1.54, 1.807) is 6.20 Å². The maximum atomic E-state index is 5.83. The minimum absolute atomic E-state index is 0.191. The summed E-state index contributed by atoms with van der Waals surface area (Å²) in [4.78, 5) is 4.02. The first-order valence-corrected chi connectivity index (χ1v) is 4.24. The molecule has 11 heavy (non-hydrogen) atoms. The number of hydrogen-bond acceptors (Lipinski definition) is 2. The molecule has 0 amide bonds. The monoisotopic (exact) mass is 217 g/mol. The van der Waals surface area contributed by atoms with Crippen LogP contribution in [0.25, 0.3) is 0 Å². The Balaban J connectivity index is 2.72. The number of hydrogen-bond donors (Lipinski definition) is 1. The number of halogens is 1. The van der Waals surface area contributed by atoms with Crippen molar-refractivity contribution in [1.82, 2.24) is 9.55 Å². The highest BCUT2D eigenvalue weighted by Crippen LogP contribution is 2.10. The molecular weight excluding hydrogens is 206 g/mol. The zero-order valence-electron chi connectivity index (χ0n) is 6.71. The minimum atomic E-state index is -0.191. The Bertz CT molecular complexity index is 236. The molecule has 0 aliphatic heterocycles. The molecule has 1 heterocycles. The molecule has 0 spiro atoms. The third-order valence-corrected chi connectivity index (χ3v) is 1.90. The van der Waals surface area contributed by atoms with Crippen LogP contribution in [0.2, 0.25) is 0 Å². The van der Waals surface area contributed by atoms with Gasteiger partial charge in [-0.3, -0.25) is 0 Å². The van der Waals surface area contributed by atoms with Gasteiger partial charge >= 0.3 is 0 Å². The van der Waals surface area contributed by atoms with Crippen LogP contribution in [0.15, 0.2) is 17.1 Å². The van der Waals surface area contributed by atoms with Crippen molar-refractivity contribution in [3.63, 3.8) is 0 Å². The summed E-state index contributed by atoms with van der Waals surface area (Å²) in [6.07, 6.45) is 3.65. The molecule has 0 bridgehead atoms. The fourth-order valence-electron chi connectivity index (χ4n) is 0.868. The summed E-state index contributed by atoms with van der Waals surface area (Å²) in [6, 6.07) is 0. The Morgan fingerprint density at radius 2 is 2.36 bits per heavy atom. The lowest BCUT2D eigenvalue weighted by Gasteiger charge is -2.19. The van der Waals surface area contributed by atoms with Crippen molar-refractivity contribution in [3.05, 3.63) is 17.1 Å². The van der Waals surface area contributed by atoms with E-state index in [4.69, 9.17) is 5.73 Å². The summed E-state index contributed by atoms with van der Waals surface area (Å²) >= 11 is 3.32. The molecule has 0 radical (unpaired) electrons. The molecule has 0 saturated carbocycles. The minimum Gasteiger partial charge on any atom is -0.324 e. The van der Waals surface area contributed by atoms with Gasteiger partial charge in [-0.15, -0.1) is 0 Å². The van der Waals surface area contributed by atoms with E-state index in [9.17, 15) is 0 Å². The molecule has 62 valence electrons. The fraction of sp³-hybridized carbons (Fsp3) is 0.571. The van der Waals surface area contributed by atoms with Gasteiger partial charge in [0.05, 0.1) is 0 Å². The maximum Gasteiger partial charge on any atom is 0.177 e. The predicted molar refractivity (Wildman–Crippen MR) is 48.2 cm³/mol. The van der Waals surface area contributed by atoms with Crippen molar-refractivity contribution in [1.29, 1.82) is 0 Å². The van der Waals surface area contributed by atoms with Gasteiger partial charge in [0.15, 0.2) is 4.73 Å². The van der Waals surface area contributed by atoms with E-state index in [1.807, 2.05) is 24.6 Å². The van der Waals surface area contributed by atoms with Crippen LogP contribution in [0.5, 0.6) is 0 Å². The molecule has 0 atom stereocenters. The number of imidazole rings is 1. The summed E-state index contributed by atoms with van der Waals surface area (Å²) in [7, 11) is 0. The second-order valence-electron chi connectivity index (χ2n) is 3.31. The quantitative estimate of drug-likeness (QED) is 0.814. The Kier molecular flexibility index (Phi) is 2.34. The Morgan fingerprint density at radius 1 is 1.73 bits per heavy atom. The van der Waals surface area contributed by atoms with Crippen molar-refractivity contribution in [2.75, 3.05) is 0 Å². The average molecular weight is 218 g/mol. The third-order valence-electron chi connectivity index (χ3n) is 1.24. The molecule has 0 fully saturated rings. The number of nitrogens with two attached hydrogens (primary N) is 1. The molecule has 3 nitrogen and oxygen atoms in total. The predicted octanol–water partition coefficient (Wildman–Crippen LogP) is 1.38. The standard InChI is InChI=1S/C7H12BrN3/c1-7(2,9)5-11-4-3-10-6(11)8/h3-4H,5,9H2,1-2H3. The summed E-state index contributed by atoms with van der Waals surface area (Å²) in [5.41, 5.74) is 5.63. The highest BCUT2D eigenvalue weighted by Gasteiger charge is 2.12. The van der Waals surface area contributed by atoms with Crippen molar-refractivity contribution >= 4 is 15.9 Å². The topological polar surface area (TPSA) is 43.8 Å². The number of rotatable bonds is 2. The van der Waals surface area contributed by atoms with Crippen LogP contribution >= 0.6 is 15.9 Å². The molecule has 1 rings (SSSR count). The van der Waals surface area contributed by atoms with Crippen LogP contribution < -0.4 is 5.73 Å². The molecule has 2 N–H and O–H groups in total. The van der Waals surface area contributed by atoms with E-state index in [-0.39, 0.29) is 5.54 Å². The van der Waals surface area contributed by atoms with Crippen molar-refractivity contribution < 1.29 is 0 Å². The molecule has 0 unspecified atom stereocenters. The van der Waals surface area contributed by atoms with E-state index >= 15 is 0 Å². The van der Waals surface area contributed by atoms with Gasteiger partial charge in [-0.25, -0.2) is 4.98 Å². The van der Waals surface area contributed by atoms with Gasteiger partial charge in [0.1, 0.15) is 0 Å². The summed E-state index contributed by atoms with van der Waals surface area (Å²) in [6.45, 7) is 4.74. The summed E-state index contributed by atoms with van der Waals surface area (Å²) in [5.74, 6) is 0. The van der Waals surface area contributed by atoms with Gasteiger partial charge in [-0.1, -0.05) is 0 Å². The Hall–Kier alpha value is -0.350. The van der Waals surface area contributed by atoms with Crippen LogP contribution in [0, 0.1) is 0 Å². The molecule has 4 heteroatoms. The number of aromatic nitrogens is 2. The van der Waals surface area contributed by atoms with Gasteiger partial charge in [0, 0.05) is 24.5 Å². The molecule has 0 aromatic carbocycles. The van der Waals surface area contributed by atoms with Crippen LogP contribution in [0.1, 0.15) is 13.8 Å². The zero-order valence-corrected chi connectivity index (χ0v) is 8.30. The Labute approximate surface area is 74.7 Å². The van der Waals surface area contributed by atoms with E-state index in [0.717, 1.165) is 11.3 Å². The second kappa shape index (κ2) is 2.95. The fourth-order valence-corrected chi connectivity index (χ4v) is 1.23. The first-order chi connectivity index (χ1) is 4.99. The van der Waals surface area contributed by atoms with E-state index < -0.39 is 0 Å². The average Bonchev–Trinajstić information content (AvgIpc) is 2.12. The van der Waals surface area contributed by atoms with Gasteiger partial charge in [0.2, 0.25) is 0 Å². The smallest absolute Gasteiger partial charge is 0.177 e. The van der Waals surface area contributed by atoms with Crippen molar-refractivity contribution in [3.8, 4) is 0 Å². The SMILES string of the molecule is CC(C)(N)Cn1ccnc1Br. The van der Waals surface area contributed by atoms with Gasteiger partial charge < -0.3 is 10.3 Å². The lowest BCUT2D eigenvalue weighted by atomic mass is 10.1. The lowest BCUT2D eigenvalue weighted by molar-refractivity contribution is 0.429. The molecular formula is C7H12BrN3. The van der Waals surface area contributed by atoms with Crippen LogP contribution in [0.3, 0.4) is 0 Å².